The molecule has 0 radical (unpaired) electrons. The Hall–Kier alpha value is -3.11. The van der Waals surface area contributed by atoms with Crippen LogP contribution < -0.4 is 9.64 Å². The zero-order valence-electron chi connectivity index (χ0n) is 13.8. The molecule has 1 N–H and O–H groups in total. The van der Waals surface area contributed by atoms with E-state index in [9.17, 15) is 5.26 Å². The fraction of sp³-hybridized carbons (Fsp3) is 0.222. The molecule has 0 unspecified atom stereocenters. The second-order valence-electron chi connectivity index (χ2n) is 5.89. The molecule has 8 heteroatoms. The maximum absolute atomic E-state index is 9.26. The van der Waals surface area contributed by atoms with Gasteiger partial charge in [0.15, 0.2) is 11.5 Å². The Kier molecular flexibility index (Phi) is 4.42. The Bertz CT molecular complexity index is 980. The summed E-state index contributed by atoms with van der Waals surface area (Å²) in [5, 5.41) is 17.4. The molecule has 0 spiro atoms. The lowest BCUT2D eigenvalue weighted by Gasteiger charge is -2.28. The lowest BCUT2D eigenvalue weighted by molar-refractivity contribution is 0.300. The summed E-state index contributed by atoms with van der Waals surface area (Å²) in [5.74, 6) is 1.30. The van der Waals surface area contributed by atoms with Crippen LogP contribution in [0.4, 0.5) is 5.82 Å². The minimum absolute atomic E-state index is 0.330. The van der Waals surface area contributed by atoms with Crippen molar-refractivity contribution in [2.24, 2.45) is 0 Å². The van der Waals surface area contributed by atoms with Crippen molar-refractivity contribution in [1.29, 1.82) is 5.26 Å². The molecule has 0 atom stereocenters. The first-order valence-electron chi connectivity index (χ1n) is 8.14. The van der Waals surface area contributed by atoms with E-state index in [1.54, 1.807) is 18.3 Å². The minimum Gasteiger partial charge on any atom is -0.487 e. The van der Waals surface area contributed by atoms with E-state index in [1.165, 1.54) is 6.20 Å². The summed E-state index contributed by atoms with van der Waals surface area (Å²) in [6, 6.07) is 9.37. The molecule has 1 aliphatic heterocycles. The van der Waals surface area contributed by atoms with E-state index in [0.29, 0.717) is 35.4 Å². The van der Waals surface area contributed by atoms with Crippen molar-refractivity contribution in [2.45, 2.75) is 19.6 Å². The smallest absolute Gasteiger partial charge is 0.183 e. The van der Waals surface area contributed by atoms with Gasteiger partial charge in [-0.2, -0.15) is 10.4 Å². The number of aromatic amines is 1. The van der Waals surface area contributed by atoms with Gasteiger partial charge < -0.3 is 9.64 Å². The number of anilines is 1. The molecule has 26 heavy (non-hydrogen) atoms. The topological polar surface area (TPSA) is 90.7 Å². The van der Waals surface area contributed by atoms with Gasteiger partial charge in [0.25, 0.3) is 0 Å². The number of ether oxygens (including phenoxy) is 1. The summed E-state index contributed by atoms with van der Waals surface area (Å²) in [5.41, 5.74) is 3.34. The zero-order valence-corrected chi connectivity index (χ0v) is 14.6. The third-order valence-corrected chi connectivity index (χ3v) is 4.51. The maximum Gasteiger partial charge on any atom is 0.183 e. The van der Waals surface area contributed by atoms with Crippen molar-refractivity contribution < 1.29 is 4.74 Å². The summed E-state index contributed by atoms with van der Waals surface area (Å²) in [6.07, 6.45) is 3.92. The molecule has 2 aromatic heterocycles. The first-order valence-corrected chi connectivity index (χ1v) is 8.52. The number of hydrogen-bond donors (Lipinski definition) is 1. The van der Waals surface area contributed by atoms with Gasteiger partial charge in [0.05, 0.1) is 0 Å². The van der Waals surface area contributed by atoms with Crippen LogP contribution in [0.3, 0.4) is 0 Å². The average Bonchev–Trinajstić information content (AvgIpc) is 3.08. The lowest BCUT2D eigenvalue weighted by atomic mass is 10.1. The van der Waals surface area contributed by atoms with E-state index >= 15 is 0 Å². The number of hydrogen-bond acceptors (Lipinski definition) is 6. The van der Waals surface area contributed by atoms with E-state index in [0.717, 1.165) is 29.9 Å². The monoisotopic (exact) mass is 366 g/mol. The van der Waals surface area contributed by atoms with Gasteiger partial charge in [-0.15, -0.1) is 0 Å². The van der Waals surface area contributed by atoms with Gasteiger partial charge in [-0.25, -0.2) is 9.97 Å². The highest BCUT2D eigenvalue weighted by Crippen LogP contribution is 2.26. The fourth-order valence-corrected chi connectivity index (χ4v) is 3.18. The Balaban J connectivity index is 1.54. The Morgan fingerprint density at radius 3 is 3.04 bits per heavy atom. The number of H-pyrrole nitrogens is 1. The number of halogens is 1. The molecule has 0 saturated carbocycles. The molecule has 0 aliphatic carbocycles. The summed E-state index contributed by atoms with van der Waals surface area (Å²) >= 11 is 5.99. The normalized spacial score (nSPS) is 13.2. The molecular formula is C18H15ClN6O. The van der Waals surface area contributed by atoms with Crippen LogP contribution in [0.25, 0.3) is 0 Å². The third kappa shape index (κ3) is 3.19. The molecule has 0 saturated heterocycles. The molecule has 130 valence electrons. The van der Waals surface area contributed by atoms with E-state index in [1.807, 2.05) is 17.0 Å². The summed E-state index contributed by atoms with van der Waals surface area (Å²) in [6.45, 7) is 1.69. The predicted octanol–water partition coefficient (Wildman–Crippen LogP) is 2.87. The molecule has 7 nitrogen and oxygen atoms in total. The maximum atomic E-state index is 9.26. The first kappa shape index (κ1) is 16.4. The molecule has 0 fully saturated rings. The molecule has 3 aromatic rings. The van der Waals surface area contributed by atoms with Gasteiger partial charge in [-0.3, -0.25) is 5.10 Å². The molecule has 0 bridgehead atoms. The number of fused-ring (bicyclic) bond motifs is 1. The highest BCUT2D eigenvalue weighted by molar-refractivity contribution is 6.30. The van der Waals surface area contributed by atoms with Crippen molar-refractivity contribution in [3.8, 4) is 11.8 Å². The number of nitrogens with zero attached hydrogens (tertiary/aromatic N) is 5. The van der Waals surface area contributed by atoms with Crippen LogP contribution in [-0.4, -0.2) is 26.7 Å². The number of benzene rings is 1. The minimum atomic E-state index is 0.330. The third-order valence-electron chi connectivity index (χ3n) is 4.28. The van der Waals surface area contributed by atoms with Gasteiger partial charge in [0, 0.05) is 48.2 Å². The molecular weight excluding hydrogens is 352 g/mol. The molecule has 1 aliphatic rings. The lowest BCUT2D eigenvalue weighted by Crippen LogP contribution is -2.32. The number of rotatable bonds is 4. The van der Waals surface area contributed by atoms with Gasteiger partial charge in [-0.05, 0) is 18.2 Å². The quantitative estimate of drug-likeness (QED) is 0.763. The standard InChI is InChI=1S/C18H15ClN6O/c19-12-2-1-3-13(8-12)26-11-17-14-10-25(7-4-15(14)23-24-17)18-16(9-20)21-5-6-22-18/h1-3,5-6,8H,4,7,10-11H2,(H,23,24). The van der Waals surface area contributed by atoms with Crippen LogP contribution >= 0.6 is 11.6 Å². The number of aromatic nitrogens is 4. The highest BCUT2D eigenvalue weighted by atomic mass is 35.5. The molecule has 4 rings (SSSR count). The molecule has 0 amide bonds. The van der Waals surface area contributed by atoms with Crippen molar-refractivity contribution >= 4 is 17.4 Å². The summed E-state index contributed by atoms with van der Waals surface area (Å²) in [7, 11) is 0. The first-order chi connectivity index (χ1) is 12.7. The van der Waals surface area contributed by atoms with Gasteiger partial charge >= 0.3 is 0 Å². The van der Waals surface area contributed by atoms with Crippen LogP contribution in [0.2, 0.25) is 5.02 Å². The van der Waals surface area contributed by atoms with Gasteiger partial charge in [0.2, 0.25) is 0 Å². The van der Waals surface area contributed by atoms with E-state index in [-0.39, 0.29) is 0 Å². The Morgan fingerprint density at radius 1 is 1.31 bits per heavy atom. The van der Waals surface area contributed by atoms with Gasteiger partial charge in [0.1, 0.15) is 24.1 Å². The van der Waals surface area contributed by atoms with Crippen molar-refractivity contribution in [1.82, 2.24) is 20.2 Å². The predicted molar refractivity (Wildman–Crippen MR) is 95.9 cm³/mol. The van der Waals surface area contributed by atoms with Crippen molar-refractivity contribution in [2.75, 3.05) is 11.4 Å². The largest absolute Gasteiger partial charge is 0.487 e. The number of nitriles is 1. The fourth-order valence-electron chi connectivity index (χ4n) is 3.00. The Morgan fingerprint density at radius 2 is 2.19 bits per heavy atom. The molecule has 3 heterocycles. The summed E-state index contributed by atoms with van der Waals surface area (Å²) < 4.78 is 5.82. The Labute approximate surface area is 155 Å². The van der Waals surface area contributed by atoms with E-state index in [4.69, 9.17) is 16.3 Å². The average molecular weight is 367 g/mol. The van der Waals surface area contributed by atoms with E-state index < -0.39 is 0 Å². The highest BCUT2D eigenvalue weighted by Gasteiger charge is 2.25. The van der Waals surface area contributed by atoms with Crippen LogP contribution in [0.5, 0.6) is 5.75 Å². The SMILES string of the molecule is N#Cc1nccnc1N1CCc2[nH]nc(COc3cccc(Cl)c3)c2C1. The van der Waals surface area contributed by atoms with Crippen LogP contribution in [0.1, 0.15) is 22.6 Å². The van der Waals surface area contributed by atoms with Gasteiger partial charge in [-0.1, -0.05) is 17.7 Å². The zero-order chi connectivity index (χ0) is 17.9. The van der Waals surface area contributed by atoms with E-state index in [2.05, 4.69) is 26.2 Å². The second-order valence-corrected chi connectivity index (χ2v) is 6.32. The second kappa shape index (κ2) is 7.02. The van der Waals surface area contributed by atoms with Crippen LogP contribution in [0, 0.1) is 11.3 Å². The summed E-state index contributed by atoms with van der Waals surface area (Å²) in [4.78, 5) is 10.5. The number of nitrogens with one attached hydrogen (secondary N) is 1. The van der Waals surface area contributed by atoms with Crippen LogP contribution in [0.15, 0.2) is 36.7 Å². The van der Waals surface area contributed by atoms with Crippen molar-refractivity contribution in [3.63, 3.8) is 0 Å². The van der Waals surface area contributed by atoms with Crippen molar-refractivity contribution in [3.05, 3.63) is 64.3 Å². The molecule has 1 aromatic carbocycles. The van der Waals surface area contributed by atoms with Crippen LogP contribution in [-0.2, 0) is 19.6 Å².